The van der Waals surface area contributed by atoms with Crippen LogP contribution in [0.4, 0.5) is 5.69 Å². The molecule has 0 unspecified atom stereocenters. The van der Waals surface area contributed by atoms with Gasteiger partial charge in [0.2, 0.25) is 0 Å². The highest BCUT2D eigenvalue weighted by atomic mass is 79.9. The molecule has 90 valence electrons. The van der Waals surface area contributed by atoms with Crippen molar-refractivity contribution < 1.29 is 9.53 Å². The van der Waals surface area contributed by atoms with Crippen LogP contribution in [0.2, 0.25) is 0 Å². The molecular weight excluding hydrogens is 282 g/mol. The minimum absolute atomic E-state index is 0.244. The molecule has 0 atom stereocenters. The van der Waals surface area contributed by atoms with Gasteiger partial charge in [0.1, 0.15) is 0 Å². The van der Waals surface area contributed by atoms with Gasteiger partial charge in [-0.05, 0) is 36.3 Å². The SMILES string of the molecule is COC(=O)C1=Cc2cc(Br)ccc2N(C)CC1. The first kappa shape index (κ1) is 12.2. The molecule has 0 amide bonds. The summed E-state index contributed by atoms with van der Waals surface area (Å²) in [7, 11) is 3.44. The summed E-state index contributed by atoms with van der Waals surface area (Å²) < 4.78 is 5.79. The largest absolute Gasteiger partial charge is 0.466 e. The summed E-state index contributed by atoms with van der Waals surface area (Å²) in [5.41, 5.74) is 2.89. The van der Waals surface area contributed by atoms with Crippen LogP contribution in [0.3, 0.4) is 0 Å². The van der Waals surface area contributed by atoms with Gasteiger partial charge < -0.3 is 9.64 Å². The van der Waals surface area contributed by atoms with Crippen molar-refractivity contribution in [3.63, 3.8) is 0 Å². The molecular formula is C13H14BrNO2. The number of methoxy groups -OCH3 is 1. The Balaban J connectivity index is 2.48. The Morgan fingerprint density at radius 2 is 2.24 bits per heavy atom. The van der Waals surface area contributed by atoms with Crippen LogP contribution in [0.5, 0.6) is 0 Å². The second-order valence-electron chi connectivity index (χ2n) is 4.04. The number of esters is 1. The normalized spacial score (nSPS) is 14.8. The molecule has 4 heteroatoms. The zero-order valence-corrected chi connectivity index (χ0v) is 11.5. The molecule has 3 nitrogen and oxygen atoms in total. The average Bonchev–Trinajstić information content (AvgIpc) is 2.48. The third-order valence-electron chi connectivity index (χ3n) is 2.89. The number of ether oxygens (including phenoxy) is 1. The minimum Gasteiger partial charge on any atom is -0.466 e. The molecule has 0 bridgehead atoms. The van der Waals surface area contributed by atoms with Crippen LogP contribution in [0.15, 0.2) is 28.2 Å². The fourth-order valence-corrected chi connectivity index (χ4v) is 2.33. The Morgan fingerprint density at radius 1 is 1.47 bits per heavy atom. The fraction of sp³-hybridized carbons (Fsp3) is 0.308. The van der Waals surface area contributed by atoms with Gasteiger partial charge in [0.15, 0.2) is 0 Å². The molecule has 0 saturated carbocycles. The molecule has 2 rings (SSSR count). The summed E-state index contributed by atoms with van der Waals surface area (Å²) >= 11 is 3.45. The second-order valence-corrected chi connectivity index (χ2v) is 4.95. The lowest BCUT2D eigenvalue weighted by atomic mass is 10.1. The topological polar surface area (TPSA) is 29.5 Å². The third kappa shape index (κ3) is 2.52. The summed E-state index contributed by atoms with van der Waals surface area (Å²) in [6.45, 7) is 0.815. The van der Waals surface area contributed by atoms with Gasteiger partial charge in [0.05, 0.1) is 7.11 Å². The van der Waals surface area contributed by atoms with Crippen molar-refractivity contribution in [1.82, 2.24) is 0 Å². The molecule has 0 aromatic heterocycles. The maximum absolute atomic E-state index is 11.6. The summed E-state index contributed by atoms with van der Waals surface area (Å²) in [5, 5.41) is 0. The molecule has 1 heterocycles. The van der Waals surface area contributed by atoms with Crippen molar-refractivity contribution in [2.45, 2.75) is 6.42 Å². The molecule has 1 aromatic rings. The van der Waals surface area contributed by atoms with E-state index in [-0.39, 0.29) is 5.97 Å². The van der Waals surface area contributed by atoms with Crippen LogP contribution in [-0.4, -0.2) is 26.7 Å². The molecule has 1 aliphatic heterocycles. The van der Waals surface area contributed by atoms with Gasteiger partial charge in [0, 0.05) is 29.3 Å². The maximum atomic E-state index is 11.6. The van der Waals surface area contributed by atoms with E-state index in [9.17, 15) is 4.79 Å². The first-order valence-corrected chi connectivity index (χ1v) is 6.20. The molecule has 0 radical (unpaired) electrons. The Morgan fingerprint density at radius 3 is 2.94 bits per heavy atom. The molecule has 1 aliphatic rings. The summed E-state index contributed by atoms with van der Waals surface area (Å²) in [6, 6.07) is 6.07. The lowest BCUT2D eigenvalue weighted by molar-refractivity contribution is -0.136. The van der Waals surface area contributed by atoms with Crippen LogP contribution < -0.4 is 4.90 Å². The van der Waals surface area contributed by atoms with Crippen molar-refractivity contribution in [3.05, 3.63) is 33.8 Å². The number of benzene rings is 1. The number of hydrogen-bond acceptors (Lipinski definition) is 3. The highest BCUT2D eigenvalue weighted by Crippen LogP contribution is 2.29. The maximum Gasteiger partial charge on any atom is 0.333 e. The van der Waals surface area contributed by atoms with Gasteiger partial charge in [-0.2, -0.15) is 0 Å². The van der Waals surface area contributed by atoms with Crippen LogP contribution >= 0.6 is 15.9 Å². The van der Waals surface area contributed by atoms with Crippen molar-refractivity contribution in [2.75, 3.05) is 25.6 Å². The summed E-state index contributed by atoms with van der Waals surface area (Å²) in [4.78, 5) is 13.7. The Labute approximate surface area is 109 Å². The lowest BCUT2D eigenvalue weighted by Gasteiger charge is -2.19. The molecule has 0 spiro atoms. The molecule has 0 aliphatic carbocycles. The monoisotopic (exact) mass is 295 g/mol. The molecule has 0 fully saturated rings. The number of nitrogens with zero attached hydrogens (tertiary/aromatic N) is 1. The number of fused-ring (bicyclic) bond motifs is 1. The van der Waals surface area contributed by atoms with Gasteiger partial charge in [0.25, 0.3) is 0 Å². The summed E-state index contributed by atoms with van der Waals surface area (Å²) in [5.74, 6) is -0.244. The van der Waals surface area contributed by atoms with E-state index in [0.717, 1.165) is 27.8 Å². The Kier molecular flexibility index (Phi) is 3.52. The Bertz CT molecular complexity index is 482. The average molecular weight is 296 g/mol. The molecule has 0 N–H and O–H groups in total. The predicted molar refractivity (Wildman–Crippen MR) is 72.0 cm³/mol. The standard InChI is InChI=1S/C13H14BrNO2/c1-15-6-5-9(13(16)17-2)7-10-8-11(14)3-4-12(10)15/h3-4,7-8H,5-6H2,1-2H3. The number of halogens is 1. The number of carbonyl (C=O) groups excluding carboxylic acids is 1. The van der Waals surface area contributed by atoms with E-state index in [2.05, 4.69) is 26.9 Å². The van der Waals surface area contributed by atoms with Crippen molar-refractivity contribution in [1.29, 1.82) is 0 Å². The van der Waals surface area contributed by atoms with Gasteiger partial charge in [-0.3, -0.25) is 0 Å². The summed E-state index contributed by atoms with van der Waals surface area (Å²) in [6.07, 6.45) is 2.62. The van der Waals surface area contributed by atoms with E-state index in [0.29, 0.717) is 6.42 Å². The fourth-order valence-electron chi connectivity index (χ4n) is 1.95. The second kappa shape index (κ2) is 4.92. The van der Waals surface area contributed by atoms with E-state index in [1.165, 1.54) is 7.11 Å². The van der Waals surface area contributed by atoms with Crippen LogP contribution in [0, 0.1) is 0 Å². The van der Waals surface area contributed by atoms with Crippen LogP contribution in [0.25, 0.3) is 6.08 Å². The molecule has 17 heavy (non-hydrogen) atoms. The predicted octanol–water partition coefficient (Wildman–Crippen LogP) is 2.85. The number of carbonyl (C=O) groups is 1. The molecule has 1 aromatic carbocycles. The highest BCUT2D eigenvalue weighted by Gasteiger charge is 2.17. The Hall–Kier alpha value is -1.29. The van der Waals surface area contributed by atoms with Gasteiger partial charge in [-0.1, -0.05) is 15.9 Å². The third-order valence-corrected chi connectivity index (χ3v) is 3.39. The van der Waals surface area contributed by atoms with E-state index < -0.39 is 0 Å². The lowest BCUT2D eigenvalue weighted by Crippen LogP contribution is -2.19. The number of anilines is 1. The highest BCUT2D eigenvalue weighted by molar-refractivity contribution is 9.10. The first-order valence-electron chi connectivity index (χ1n) is 5.41. The number of hydrogen-bond donors (Lipinski definition) is 0. The van der Waals surface area contributed by atoms with Crippen LogP contribution in [0.1, 0.15) is 12.0 Å². The smallest absolute Gasteiger partial charge is 0.333 e. The first-order chi connectivity index (χ1) is 8.11. The minimum atomic E-state index is -0.244. The van der Waals surface area contributed by atoms with E-state index in [1.807, 2.05) is 25.3 Å². The van der Waals surface area contributed by atoms with Gasteiger partial charge in [-0.15, -0.1) is 0 Å². The quantitative estimate of drug-likeness (QED) is 0.746. The van der Waals surface area contributed by atoms with Crippen molar-refractivity contribution >= 4 is 33.7 Å². The van der Waals surface area contributed by atoms with E-state index in [1.54, 1.807) is 0 Å². The number of rotatable bonds is 1. The van der Waals surface area contributed by atoms with Gasteiger partial charge in [-0.25, -0.2) is 4.79 Å². The molecule has 0 saturated heterocycles. The van der Waals surface area contributed by atoms with E-state index >= 15 is 0 Å². The van der Waals surface area contributed by atoms with E-state index in [4.69, 9.17) is 4.74 Å². The van der Waals surface area contributed by atoms with Crippen molar-refractivity contribution in [3.8, 4) is 0 Å². The zero-order chi connectivity index (χ0) is 12.4. The van der Waals surface area contributed by atoms with Crippen LogP contribution in [-0.2, 0) is 9.53 Å². The van der Waals surface area contributed by atoms with Crippen molar-refractivity contribution in [2.24, 2.45) is 0 Å². The van der Waals surface area contributed by atoms with Gasteiger partial charge >= 0.3 is 5.97 Å². The zero-order valence-electron chi connectivity index (χ0n) is 9.87.